The molecule has 1 aliphatic heterocycles. The molecule has 0 amide bonds. The van der Waals surface area contributed by atoms with Crippen molar-refractivity contribution in [2.24, 2.45) is 0 Å². The minimum absolute atomic E-state index is 0.409. The summed E-state index contributed by atoms with van der Waals surface area (Å²) in [4.78, 5) is 1.07. The van der Waals surface area contributed by atoms with Crippen LogP contribution in [0.4, 0.5) is 13.2 Å². The maximum Gasteiger partial charge on any atom is 0.416 e. The van der Waals surface area contributed by atoms with E-state index in [4.69, 9.17) is 9.47 Å². The van der Waals surface area contributed by atoms with Crippen molar-refractivity contribution >= 4 is 0 Å². The number of hydrogen-bond donors (Lipinski definition) is 1. The van der Waals surface area contributed by atoms with Crippen molar-refractivity contribution in [2.45, 2.75) is 18.8 Å². The Morgan fingerprint density at radius 1 is 1.31 bits per heavy atom. The second kappa shape index (κ2) is 8.11. The molecule has 3 rings (SSSR count). The van der Waals surface area contributed by atoms with Gasteiger partial charge in [0.2, 0.25) is 5.82 Å². The number of quaternary nitrogens is 1. The molecule has 0 unspecified atom stereocenters. The highest BCUT2D eigenvalue weighted by Gasteiger charge is 2.36. The van der Waals surface area contributed by atoms with Gasteiger partial charge in [0.1, 0.15) is 13.1 Å². The molecule has 2 heterocycles. The van der Waals surface area contributed by atoms with Crippen molar-refractivity contribution in [2.75, 3.05) is 40.0 Å². The quantitative estimate of drug-likeness (QED) is 0.792. The van der Waals surface area contributed by atoms with Gasteiger partial charge < -0.3 is 14.4 Å². The Hall–Kier alpha value is -2.04. The number of aromatic nitrogens is 4. The standard InChI is InChI=1S/C16H20F3N5O2/c1-25-8-7-24-15(20-21-22-24)14(23-5-9-26-10-6-23)12-3-2-4-13(11-12)16(17,18)19/h2-4,11,14H,5-10H2,1H3/p+1/t14-/m0/s1. The predicted octanol–water partition coefficient (Wildman–Crippen LogP) is 0.343. The largest absolute Gasteiger partial charge is 0.416 e. The molecule has 7 nitrogen and oxygen atoms in total. The monoisotopic (exact) mass is 372 g/mol. The lowest BCUT2D eigenvalue weighted by Gasteiger charge is -2.31. The Morgan fingerprint density at radius 2 is 2.08 bits per heavy atom. The number of morpholine rings is 1. The number of nitrogens with zero attached hydrogens (tertiary/aromatic N) is 4. The average molecular weight is 372 g/mol. The first-order chi connectivity index (χ1) is 12.5. The van der Waals surface area contributed by atoms with Crippen LogP contribution in [-0.2, 0) is 22.2 Å². The molecule has 1 N–H and O–H groups in total. The average Bonchev–Trinajstić information content (AvgIpc) is 3.09. The summed E-state index contributed by atoms with van der Waals surface area (Å²) in [5.74, 6) is 0.526. The topological polar surface area (TPSA) is 66.5 Å². The van der Waals surface area contributed by atoms with Crippen molar-refractivity contribution in [1.29, 1.82) is 0 Å². The summed E-state index contributed by atoms with van der Waals surface area (Å²) in [6, 6.07) is 4.96. The van der Waals surface area contributed by atoms with Gasteiger partial charge in [-0.1, -0.05) is 12.1 Å². The maximum atomic E-state index is 13.2. The van der Waals surface area contributed by atoms with E-state index in [1.165, 1.54) is 12.1 Å². The fourth-order valence-corrected chi connectivity index (χ4v) is 3.14. The lowest BCUT2D eigenvalue weighted by Crippen LogP contribution is -3.14. The molecule has 0 saturated carbocycles. The van der Waals surface area contributed by atoms with E-state index in [0.717, 1.165) is 11.0 Å². The molecule has 0 radical (unpaired) electrons. The van der Waals surface area contributed by atoms with Gasteiger partial charge in [-0.05, 0) is 22.6 Å². The van der Waals surface area contributed by atoms with E-state index in [9.17, 15) is 13.2 Å². The van der Waals surface area contributed by atoms with Gasteiger partial charge in [-0.2, -0.15) is 13.2 Å². The van der Waals surface area contributed by atoms with Crippen LogP contribution < -0.4 is 4.90 Å². The zero-order valence-corrected chi connectivity index (χ0v) is 14.4. The first kappa shape index (κ1) is 18.7. The maximum absolute atomic E-state index is 13.2. The lowest BCUT2D eigenvalue weighted by molar-refractivity contribution is -0.933. The Bertz CT molecular complexity index is 716. The van der Waals surface area contributed by atoms with Crippen LogP contribution in [0.2, 0.25) is 0 Å². The van der Waals surface area contributed by atoms with E-state index in [0.29, 0.717) is 50.8 Å². The Kier molecular flexibility index (Phi) is 5.84. The third kappa shape index (κ3) is 4.19. The van der Waals surface area contributed by atoms with Gasteiger partial charge >= 0.3 is 6.18 Å². The number of halogens is 3. The summed E-state index contributed by atoms with van der Waals surface area (Å²) in [6.07, 6.45) is -4.40. The molecule has 1 aliphatic rings. The second-order valence-electron chi connectivity index (χ2n) is 6.08. The zero-order chi connectivity index (χ0) is 18.6. The Labute approximate surface area is 148 Å². The summed E-state index contributed by atoms with van der Waals surface area (Å²) in [5.41, 5.74) is -0.145. The lowest BCUT2D eigenvalue weighted by atomic mass is 10.0. The third-order valence-electron chi connectivity index (χ3n) is 4.42. The van der Waals surface area contributed by atoms with E-state index in [2.05, 4.69) is 15.5 Å². The van der Waals surface area contributed by atoms with Crippen LogP contribution >= 0.6 is 0 Å². The highest BCUT2D eigenvalue weighted by molar-refractivity contribution is 5.29. The molecule has 2 aromatic rings. The van der Waals surface area contributed by atoms with Gasteiger partial charge in [-0.15, -0.1) is 5.10 Å². The van der Waals surface area contributed by atoms with E-state index in [-0.39, 0.29) is 0 Å². The molecule has 0 spiro atoms. The van der Waals surface area contributed by atoms with E-state index < -0.39 is 17.8 Å². The normalized spacial score (nSPS) is 17.4. The number of ether oxygens (including phenoxy) is 2. The number of methoxy groups -OCH3 is 1. The van der Waals surface area contributed by atoms with Crippen LogP contribution in [0.1, 0.15) is 23.0 Å². The summed E-state index contributed by atoms with van der Waals surface area (Å²) in [7, 11) is 1.57. The van der Waals surface area contributed by atoms with Crippen molar-refractivity contribution in [1.82, 2.24) is 20.2 Å². The molecule has 1 fully saturated rings. The van der Waals surface area contributed by atoms with Gasteiger partial charge in [-0.25, -0.2) is 4.68 Å². The number of rotatable bonds is 6. The van der Waals surface area contributed by atoms with Gasteiger partial charge in [-0.3, -0.25) is 0 Å². The van der Waals surface area contributed by atoms with Crippen molar-refractivity contribution in [3.8, 4) is 0 Å². The molecule has 10 heteroatoms. The Morgan fingerprint density at radius 3 is 2.77 bits per heavy atom. The smallest absolute Gasteiger partial charge is 0.383 e. The molecule has 1 aromatic heterocycles. The van der Waals surface area contributed by atoms with Crippen LogP contribution in [-0.4, -0.2) is 60.2 Å². The number of benzene rings is 1. The third-order valence-corrected chi connectivity index (χ3v) is 4.42. The van der Waals surface area contributed by atoms with Crippen molar-refractivity contribution in [3.05, 3.63) is 41.2 Å². The van der Waals surface area contributed by atoms with Crippen LogP contribution in [0, 0.1) is 0 Å². The molecule has 1 atom stereocenters. The first-order valence-electron chi connectivity index (χ1n) is 8.35. The number of hydrogen-bond acceptors (Lipinski definition) is 5. The number of tetrazole rings is 1. The number of nitrogens with one attached hydrogen (secondary N) is 1. The van der Waals surface area contributed by atoms with Gasteiger partial charge in [0, 0.05) is 12.7 Å². The zero-order valence-electron chi connectivity index (χ0n) is 14.4. The Balaban J connectivity index is 2.00. The van der Waals surface area contributed by atoms with Crippen LogP contribution in [0.15, 0.2) is 24.3 Å². The molecule has 0 bridgehead atoms. The van der Waals surface area contributed by atoms with E-state index in [1.54, 1.807) is 17.9 Å². The second-order valence-corrected chi connectivity index (χ2v) is 6.08. The van der Waals surface area contributed by atoms with Crippen LogP contribution in [0.25, 0.3) is 0 Å². The highest BCUT2D eigenvalue weighted by atomic mass is 19.4. The fourth-order valence-electron chi connectivity index (χ4n) is 3.14. The van der Waals surface area contributed by atoms with Gasteiger partial charge in [0.25, 0.3) is 0 Å². The molecular weight excluding hydrogens is 351 g/mol. The summed E-state index contributed by atoms with van der Waals surface area (Å²) in [5, 5.41) is 11.8. The molecule has 0 aliphatic carbocycles. The molecule has 1 aromatic carbocycles. The van der Waals surface area contributed by atoms with Crippen molar-refractivity contribution in [3.63, 3.8) is 0 Å². The SMILES string of the molecule is COCCn1nnnc1[C@H](c1cccc(C(F)(F)F)c1)[NH+]1CCOCC1. The van der Waals surface area contributed by atoms with E-state index >= 15 is 0 Å². The summed E-state index contributed by atoms with van der Waals surface area (Å²) in [6.45, 7) is 3.26. The van der Waals surface area contributed by atoms with Gasteiger partial charge in [0.05, 0.1) is 31.9 Å². The van der Waals surface area contributed by atoms with Crippen LogP contribution in [0.5, 0.6) is 0 Å². The minimum atomic E-state index is -4.40. The van der Waals surface area contributed by atoms with Crippen molar-refractivity contribution < 1.29 is 27.5 Å². The minimum Gasteiger partial charge on any atom is -0.383 e. The molecule has 1 saturated heterocycles. The molecular formula is C16H21F3N5O2+. The summed E-state index contributed by atoms with van der Waals surface area (Å²) < 4.78 is 51.6. The highest BCUT2D eigenvalue weighted by Crippen LogP contribution is 2.31. The fraction of sp³-hybridized carbons (Fsp3) is 0.562. The predicted molar refractivity (Wildman–Crippen MR) is 84.5 cm³/mol. The molecule has 26 heavy (non-hydrogen) atoms. The van der Waals surface area contributed by atoms with Crippen LogP contribution in [0.3, 0.4) is 0 Å². The molecule has 142 valence electrons. The first-order valence-corrected chi connectivity index (χ1v) is 8.35. The van der Waals surface area contributed by atoms with Gasteiger partial charge in [0.15, 0.2) is 6.04 Å². The summed E-state index contributed by atoms with van der Waals surface area (Å²) >= 11 is 0. The number of alkyl halides is 3. The van der Waals surface area contributed by atoms with E-state index in [1.807, 2.05) is 0 Å².